The highest BCUT2D eigenvalue weighted by molar-refractivity contribution is 14.0. The molecular weight excluding hydrogens is 479 g/mol. The largest absolute Gasteiger partial charge is 0.486 e. The molecule has 1 aromatic carbocycles. The molecule has 2 heterocycles. The molecule has 0 amide bonds. The summed E-state index contributed by atoms with van der Waals surface area (Å²) in [6, 6.07) is 5.18. The number of ether oxygens (including phenoxy) is 2. The topological polar surface area (TPSA) is 58.1 Å². The second kappa shape index (κ2) is 9.52. The molecule has 150 valence electrons. The fraction of sp³-hybridized carbons (Fsp3) is 0.632. The van der Waals surface area contributed by atoms with Crippen molar-refractivity contribution in [3.8, 4) is 11.5 Å². The molecule has 3 aliphatic rings. The van der Waals surface area contributed by atoms with Crippen LogP contribution in [-0.4, -0.2) is 55.8 Å². The van der Waals surface area contributed by atoms with Crippen LogP contribution in [-0.2, 0) is 6.54 Å². The molecular formula is C19H28ClIN4O2. The van der Waals surface area contributed by atoms with E-state index in [0.717, 1.165) is 30.7 Å². The molecule has 1 unspecified atom stereocenters. The Morgan fingerprint density at radius 2 is 2.07 bits per heavy atom. The van der Waals surface area contributed by atoms with E-state index in [-0.39, 0.29) is 24.0 Å². The number of halogens is 2. The average molecular weight is 507 g/mol. The van der Waals surface area contributed by atoms with E-state index in [1.54, 1.807) is 0 Å². The minimum atomic E-state index is 0. The third kappa shape index (κ3) is 5.32. The SMILES string of the molecule is CCNC(=NCc1cc(Cl)c2c(c1)OCCO2)NC1CCN(C2CC2)C1.I. The van der Waals surface area contributed by atoms with Gasteiger partial charge in [-0.1, -0.05) is 11.6 Å². The minimum absolute atomic E-state index is 0. The number of likely N-dealkylation sites (tertiary alicyclic amines) is 1. The molecule has 27 heavy (non-hydrogen) atoms. The van der Waals surface area contributed by atoms with Crippen LogP contribution in [0.25, 0.3) is 0 Å². The third-order valence-corrected chi connectivity index (χ3v) is 5.33. The van der Waals surface area contributed by atoms with Gasteiger partial charge in [0.25, 0.3) is 0 Å². The van der Waals surface area contributed by atoms with Crippen molar-refractivity contribution in [3.05, 3.63) is 22.7 Å². The van der Waals surface area contributed by atoms with Gasteiger partial charge in [0.05, 0.1) is 11.6 Å². The van der Waals surface area contributed by atoms with E-state index in [1.165, 1.54) is 25.8 Å². The van der Waals surface area contributed by atoms with Crippen LogP contribution in [0.15, 0.2) is 17.1 Å². The number of aliphatic imine (C=N–C) groups is 1. The normalized spacial score (nSPS) is 22.3. The molecule has 1 saturated carbocycles. The van der Waals surface area contributed by atoms with Gasteiger partial charge in [-0.2, -0.15) is 0 Å². The minimum Gasteiger partial charge on any atom is -0.486 e. The molecule has 0 bridgehead atoms. The van der Waals surface area contributed by atoms with Crippen LogP contribution in [0.2, 0.25) is 5.02 Å². The zero-order valence-electron chi connectivity index (χ0n) is 15.7. The molecule has 1 aliphatic carbocycles. The number of nitrogens with zero attached hydrogens (tertiary/aromatic N) is 2. The van der Waals surface area contributed by atoms with Gasteiger partial charge in [0.2, 0.25) is 0 Å². The van der Waals surface area contributed by atoms with Gasteiger partial charge < -0.3 is 20.1 Å². The summed E-state index contributed by atoms with van der Waals surface area (Å²) in [4.78, 5) is 7.34. The van der Waals surface area contributed by atoms with Gasteiger partial charge in [-0.15, -0.1) is 24.0 Å². The summed E-state index contributed by atoms with van der Waals surface area (Å²) >= 11 is 6.32. The Hall–Kier alpha value is -0.930. The Bertz CT molecular complexity index is 684. The van der Waals surface area contributed by atoms with Gasteiger partial charge >= 0.3 is 0 Å². The fourth-order valence-electron chi connectivity index (χ4n) is 3.62. The first-order valence-corrected chi connectivity index (χ1v) is 9.97. The Kier molecular flexibility index (Phi) is 7.33. The monoisotopic (exact) mass is 506 g/mol. The van der Waals surface area contributed by atoms with E-state index in [4.69, 9.17) is 26.1 Å². The number of nitrogens with one attached hydrogen (secondary N) is 2. The van der Waals surface area contributed by atoms with Crippen molar-refractivity contribution in [3.63, 3.8) is 0 Å². The molecule has 2 N–H and O–H groups in total. The first kappa shape index (κ1) is 20.8. The molecule has 0 spiro atoms. The zero-order valence-corrected chi connectivity index (χ0v) is 18.8. The number of hydrogen-bond donors (Lipinski definition) is 2. The van der Waals surface area contributed by atoms with E-state index in [9.17, 15) is 0 Å². The molecule has 1 saturated heterocycles. The number of hydrogen-bond acceptors (Lipinski definition) is 4. The van der Waals surface area contributed by atoms with Gasteiger partial charge in [0, 0.05) is 31.7 Å². The quantitative estimate of drug-likeness (QED) is 0.365. The highest BCUT2D eigenvalue weighted by Crippen LogP contribution is 2.38. The third-order valence-electron chi connectivity index (χ3n) is 5.04. The van der Waals surface area contributed by atoms with Gasteiger partial charge in [0.15, 0.2) is 17.5 Å². The van der Waals surface area contributed by atoms with Gasteiger partial charge in [-0.05, 0) is 43.9 Å². The van der Waals surface area contributed by atoms with Crippen LogP contribution in [0.5, 0.6) is 11.5 Å². The highest BCUT2D eigenvalue weighted by Gasteiger charge is 2.34. The lowest BCUT2D eigenvalue weighted by atomic mass is 10.2. The molecule has 8 heteroatoms. The van der Waals surface area contributed by atoms with Crippen molar-refractivity contribution >= 4 is 41.5 Å². The lowest BCUT2D eigenvalue weighted by Gasteiger charge is -2.20. The molecule has 4 rings (SSSR count). The summed E-state index contributed by atoms with van der Waals surface area (Å²) in [7, 11) is 0. The maximum absolute atomic E-state index is 6.32. The van der Waals surface area contributed by atoms with E-state index in [1.807, 2.05) is 12.1 Å². The molecule has 6 nitrogen and oxygen atoms in total. The highest BCUT2D eigenvalue weighted by atomic mass is 127. The molecule has 1 aromatic rings. The molecule has 0 aromatic heterocycles. The fourth-order valence-corrected chi connectivity index (χ4v) is 3.90. The van der Waals surface area contributed by atoms with E-state index in [0.29, 0.717) is 42.3 Å². The molecule has 2 aliphatic heterocycles. The second-order valence-corrected chi connectivity index (χ2v) is 7.56. The Morgan fingerprint density at radius 3 is 2.85 bits per heavy atom. The lowest BCUT2D eigenvalue weighted by Crippen LogP contribution is -2.44. The van der Waals surface area contributed by atoms with Crippen molar-refractivity contribution in [1.82, 2.24) is 15.5 Å². The Balaban J connectivity index is 0.00000210. The predicted molar refractivity (Wildman–Crippen MR) is 119 cm³/mol. The van der Waals surface area contributed by atoms with Crippen LogP contribution >= 0.6 is 35.6 Å². The second-order valence-electron chi connectivity index (χ2n) is 7.15. The van der Waals surface area contributed by atoms with Crippen molar-refractivity contribution in [2.45, 2.75) is 44.8 Å². The van der Waals surface area contributed by atoms with Crippen LogP contribution in [0.1, 0.15) is 31.7 Å². The van der Waals surface area contributed by atoms with Crippen molar-refractivity contribution in [2.75, 3.05) is 32.8 Å². The van der Waals surface area contributed by atoms with Gasteiger partial charge in [-0.25, -0.2) is 4.99 Å². The van der Waals surface area contributed by atoms with E-state index in [2.05, 4.69) is 22.5 Å². The van der Waals surface area contributed by atoms with E-state index < -0.39 is 0 Å². The number of guanidine groups is 1. The summed E-state index contributed by atoms with van der Waals surface area (Å²) in [6.07, 6.45) is 3.91. The number of rotatable bonds is 5. The Morgan fingerprint density at radius 1 is 1.26 bits per heavy atom. The smallest absolute Gasteiger partial charge is 0.191 e. The van der Waals surface area contributed by atoms with Gasteiger partial charge in [0.1, 0.15) is 13.2 Å². The van der Waals surface area contributed by atoms with Crippen molar-refractivity contribution in [1.29, 1.82) is 0 Å². The van der Waals surface area contributed by atoms with Crippen LogP contribution in [0, 0.1) is 0 Å². The number of fused-ring (bicyclic) bond motifs is 1. The van der Waals surface area contributed by atoms with Crippen LogP contribution < -0.4 is 20.1 Å². The molecule has 2 fully saturated rings. The zero-order chi connectivity index (χ0) is 17.9. The first-order valence-electron chi connectivity index (χ1n) is 9.60. The van der Waals surface area contributed by atoms with E-state index >= 15 is 0 Å². The Labute approximate surface area is 183 Å². The summed E-state index contributed by atoms with van der Waals surface area (Å²) in [5, 5.41) is 7.52. The summed E-state index contributed by atoms with van der Waals surface area (Å²) in [5.74, 6) is 2.21. The maximum Gasteiger partial charge on any atom is 0.191 e. The first-order chi connectivity index (χ1) is 12.7. The van der Waals surface area contributed by atoms with Crippen LogP contribution in [0.4, 0.5) is 0 Å². The summed E-state index contributed by atoms with van der Waals surface area (Å²) < 4.78 is 11.2. The van der Waals surface area contributed by atoms with Crippen molar-refractivity contribution in [2.24, 2.45) is 4.99 Å². The molecule has 0 radical (unpaired) electrons. The van der Waals surface area contributed by atoms with Crippen LogP contribution in [0.3, 0.4) is 0 Å². The number of benzene rings is 1. The lowest BCUT2D eigenvalue weighted by molar-refractivity contribution is 0.171. The molecule has 1 atom stereocenters. The summed E-state index contributed by atoms with van der Waals surface area (Å²) in [6.45, 7) is 6.88. The average Bonchev–Trinajstić information content (AvgIpc) is 3.39. The van der Waals surface area contributed by atoms with Gasteiger partial charge in [-0.3, -0.25) is 4.90 Å². The summed E-state index contributed by atoms with van der Waals surface area (Å²) in [5.41, 5.74) is 1.02. The predicted octanol–water partition coefficient (Wildman–Crippen LogP) is 3.02. The maximum atomic E-state index is 6.32. The van der Waals surface area contributed by atoms with Crippen molar-refractivity contribution < 1.29 is 9.47 Å². The standard InChI is InChI=1S/C19H27ClN4O2.HI/c1-2-21-19(23-14-5-6-24(12-14)15-3-4-15)22-11-13-9-16(20)18-17(10-13)25-7-8-26-18;/h9-10,14-15H,2-8,11-12H2,1H3,(H2,21,22,23);1H.